The molecule has 21 heavy (non-hydrogen) atoms. The fraction of sp³-hybridized carbons (Fsp3) is 0.667. The Balaban J connectivity index is 2.26. The van der Waals surface area contributed by atoms with E-state index in [4.69, 9.17) is 10.00 Å². The van der Waals surface area contributed by atoms with E-state index in [2.05, 4.69) is 40.1 Å². The maximum Gasteiger partial charge on any atom is 0.161 e. The predicted molar refractivity (Wildman–Crippen MR) is 82.4 cm³/mol. The predicted octanol–water partition coefficient (Wildman–Crippen LogP) is 1.98. The number of anilines is 2. The number of rotatable bonds is 6. The van der Waals surface area contributed by atoms with Gasteiger partial charge in [0.05, 0.1) is 19.2 Å². The molecule has 6 heteroatoms. The van der Waals surface area contributed by atoms with E-state index < -0.39 is 0 Å². The molecule has 1 fully saturated rings. The summed E-state index contributed by atoms with van der Waals surface area (Å²) in [4.78, 5) is 11.0. The molecule has 114 valence electrons. The Labute approximate surface area is 126 Å². The average molecular weight is 289 g/mol. The van der Waals surface area contributed by atoms with Gasteiger partial charge in [-0.1, -0.05) is 20.3 Å². The molecule has 0 bridgehead atoms. The van der Waals surface area contributed by atoms with Crippen LogP contribution in [0.25, 0.3) is 0 Å². The number of morpholine rings is 1. The smallest absolute Gasteiger partial charge is 0.161 e. The first-order valence-corrected chi connectivity index (χ1v) is 7.64. The standard InChI is InChI=1S/C15H23N5O/c1-3-5-13-14(17-6-4-2)18-11-19-15(13)20-7-8-21-12(9-16)10-20/h11-12H,3-8,10H2,1-2H3,(H,17,18,19). The van der Waals surface area contributed by atoms with Gasteiger partial charge in [0.15, 0.2) is 6.10 Å². The fourth-order valence-corrected chi connectivity index (χ4v) is 2.47. The molecule has 1 aromatic rings. The van der Waals surface area contributed by atoms with Gasteiger partial charge in [-0.05, 0) is 12.8 Å². The molecule has 1 saturated heterocycles. The summed E-state index contributed by atoms with van der Waals surface area (Å²) in [7, 11) is 0. The van der Waals surface area contributed by atoms with Crippen LogP contribution in [-0.4, -0.2) is 42.3 Å². The van der Waals surface area contributed by atoms with Crippen molar-refractivity contribution < 1.29 is 4.74 Å². The summed E-state index contributed by atoms with van der Waals surface area (Å²) in [5.41, 5.74) is 1.15. The van der Waals surface area contributed by atoms with Crippen molar-refractivity contribution in [1.29, 1.82) is 5.26 Å². The molecule has 1 unspecified atom stereocenters. The summed E-state index contributed by atoms with van der Waals surface area (Å²) in [6.45, 7) is 7.07. The van der Waals surface area contributed by atoms with Gasteiger partial charge in [-0.2, -0.15) is 5.26 Å². The molecular weight excluding hydrogens is 266 g/mol. The summed E-state index contributed by atoms with van der Waals surface area (Å²) in [6.07, 6.45) is 4.24. The molecule has 2 heterocycles. The van der Waals surface area contributed by atoms with E-state index in [0.29, 0.717) is 13.2 Å². The molecule has 0 aromatic carbocycles. The van der Waals surface area contributed by atoms with Gasteiger partial charge in [0.1, 0.15) is 18.0 Å². The van der Waals surface area contributed by atoms with Crippen LogP contribution >= 0.6 is 0 Å². The van der Waals surface area contributed by atoms with Gasteiger partial charge in [0, 0.05) is 18.7 Å². The number of ether oxygens (including phenoxy) is 1. The van der Waals surface area contributed by atoms with Gasteiger partial charge in [0.2, 0.25) is 0 Å². The van der Waals surface area contributed by atoms with E-state index in [0.717, 1.165) is 49.6 Å². The van der Waals surface area contributed by atoms with Crippen LogP contribution in [0, 0.1) is 11.3 Å². The summed E-state index contributed by atoms with van der Waals surface area (Å²) < 4.78 is 5.41. The third-order valence-electron chi connectivity index (χ3n) is 3.48. The van der Waals surface area contributed by atoms with Crippen molar-refractivity contribution in [3.8, 4) is 6.07 Å². The van der Waals surface area contributed by atoms with Gasteiger partial charge in [0.25, 0.3) is 0 Å². The Kier molecular flexibility index (Phi) is 5.76. The van der Waals surface area contributed by atoms with Crippen molar-refractivity contribution >= 4 is 11.6 Å². The molecule has 2 rings (SSSR count). The third-order valence-corrected chi connectivity index (χ3v) is 3.48. The molecule has 6 nitrogen and oxygen atoms in total. The van der Waals surface area contributed by atoms with Gasteiger partial charge >= 0.3 is 0 Å². The van der Waals surface area contributed by atoms with Crippen LogP contribution in [-0.2, 0) is 11.2 Å². The molecular formula is C15H23N5O. The molecule has 1 N–H and O–H groups in total. The molecule has 0 radical (unpaired) electrons. The SMILES string of the molecule is CCCNc1ncnc(N2CCOC(C#N)C2)c1CCC. The Bertz CT molecular complexity index is 499. The van der Waals surface area contributed by atoms with Crippen LogP contribution in [0.1, 0.15) is 32.3 Å². The Morgan fingerprint density at radius 3 is 3.00 bits per heavy atom. The molecule has 0 amide bonds. The van der Waals surface area contributed by atoms with Crippen molar-refractivity contribution in [3.63, 3.8) is 0 Å². The third kappa shape index (κ3) is 3.82. The summed E-state index contributed by atoms with van der Waals surface area (Å²) in [5, 5.41) is 12.4. The number of nitrogens with zero attached hydrogens (tertiary/aromatic N) is 4. The zero-order valence-electron chi connectivity index (χ0n) is 12.8. The number of hydrogen-bond acceptors (Lipinski definition) is 6. The molecule has 1 aromatic heterocycles. The topological polar surface area (TPSA) is 74.1 Å². The quantitative estimate of drug-likeness (QED) is 0.863. The largest absolute Gasteiger partial charge is 0.370 e. The minimum atomic E-state index is -0.379. The average Bonchev–Trinajstić information content (AvgIpc) is 2.54. The maximum absolute atomic E-state index is 9.05. The molecule has 0 aliphatic carbocycles. The highest BCUT2D eigenvalue weighted by atomic mass is 16.5. The number of nitriles is 1. The second-order valence-corrected chi connectivity index (χ2v) is 5.14. The minimum Gasteiger partial charge on any atom is -0.370 e. The summed E-state index contributed by atoms with van der Waals surface area (Å²) in [6, 6.07) is 2.18. The highest BCUT2D eigenvalue weighted by molar-refractivity contribution is 5.59. The van der Waals surface area contributed by atoms with Crippen molar-refractivity contribution in [1.82, 2.24) is 9.97 Å². The first-order valence-electron chi connectivity index (χ1n) is 7.64. The second kappa shape index (κ2) is 7.79. The van der Waals surface area contributed by atoms with Crippen LogP contribution in [0.2, 0.25) is 0 Å². The monoisotopic (exact) mass is 289 g/mol. The van der Waals surface area contributed by atoms with Crippen molar-refractivity contribution in [2.24, 2.45) is 0 Å². The van der Waals surface area contributed by atoms with Gasteiger partial charge in [-0.15, -0.1) is 0 Å². The van der Waals surface area contributed by atoms with E-state index >= 15 is 0 Å². The Morgan fingerprint density at radius 1 is 1.43 bits per heavy atom. The van der Waals surface area contributed by atoms with Gasteiger partial charge in [-0.3, -0.25) is 0 Å². The number of aromatic nitrogens is 2. The number of nitrogens with one attached hydrogen (secondary N) is 1. The summed E-state index contributed by atoms with van der Waals surface area (Å²) in [5.74, 6) is 1.86. The molecule has 1 aliphatic rings. The Morgan fingerprint density at radius 2 is 2.29 bits per heavy atom. The molecule has 0 saturated carbocycles. The molecule has 1 aliphatic heterocycles. The molecule has 0 spiro atoms. The zero-order valence-corrected chi connectivity index (χ0v) is 12.8. The van der Waals surface area contributed by atoms with Gasteiger partial charge in [-0.25, -0.2) is 9.97 Å². The van der Waals surface area contributed by atoms with Crippen LogP contribution in [0.3, 0.4) is 0 Å². The highest BCUT2D eigenvalue weighted by Crippen LogP contribution is 2.26. The Hall–Kier alpha value is -1.87. The van der Waals surface area contributed by atoms with Crippen molar-refractivity contribution in [2.75, 3.05) is 36.5 Å². The van der Waals surface area contributed by atoms with E-state index in [-0.39, 0.29) is 6.10 Å². The first kappa shape index (κ1) is 15.5. The molecule has 1 atom stereocenters. The van der Waals surface area contributed by atoms with Crippen LogP contribution in [0.15, 0.2) is 6.33 Å². The van der Waals surface area contributed by atoms with E-state index in [1.807, 2.05) is 0 Å². The highest BCUT2D eigenvalue weighted by Gasteiger charge is 2.24. The van der Waals surface area contributed by atoms with E-state index in [9.17, 15) is 0 Å². The van der Waals surface area contributed by atoms with E-state index in [1.165, 1.54) is 0 Å². The summed E-state index contributed by atoms with van der Waals surface area (Å²) >= 11 is 0. The lowest BCUT2D eigenvalue weighted by Crippen LogP contribution is -2.42. The lowest BCUT2D eigenvalue weighted by atomic mass is 10.1. The first-order chi connectivity index (χ1) is 10.3. The lowest BCUT2D eigenvalue weighted by Gasteiger charge is -2.32. The van der Waals surface area contributed by atoms with Crippen molar-refractivity contribution in [3.05, 3.63) is 11.9 Å². The normalized spacial score (nSPS) is 18.3. The van der Waals surface area contributed by atoms with Crippen LogP contribution < -0.4 is 10.2 Å². The fourth-order valence-electron chi connectivity index (χ4n) is 2.47. The maximum atomic E-state index is 9.05. The van der Waals surface area contributed by atoms with Gasteiger partial charge < -0.3 is 15.0 Å². The van der Waals surface area contributed by atoms with Crippen LogP contribution in [0.4, 0.5) is 11.6 Å². The van der Waals surface area contributed by atoms with E-state index in [1.54, 1.807) is 6.33 Å². The zero-order chi connectivity index (χ0) is 15.1. The lowest BCUT2D eigenvalue weighted by molar-refractivity contribution is 0.0761. The van der Waals surface area contributed by atoms with Crippen molar-refractivity contribution in [2.45, 2.75) is 39.2 Å². The van der Waals surface area contributed by atoms with Crippen LogP contribution in [0.5, 0.6) is 0 Å². The minimum absolute atomic E-state index is 0.379. The second-order valence-electron chi connectivity index (χ2n) is 5.14. The number of hydrogen-bond donors (Lipinski definition) is 1.